The van der Waals surface area contributed by atoms with Crippen LogP contribution in [0.2, 0.25) is 5.02 Å². The van der Waals surface area contributed by atoms with Crippen LogP contribution in [0.3, 0.4) is 0 Å². The van der Waals surface area contributed by atoms with Gasteiger partial charge in [-0.25, -0.2) is 0 Å². The highest BCUT2D eigenvalue weighted by Crippen LogP contribution is 2.15. The van der Waals surface area contributed by atoms with Crippen molar-refractivity contribution >= 4 is 29.3 Å². The third-order valence-electron chi connectivity index (χ3n) is 2.01. The van der Waals surface area contributed by atoms with Gasteiger partial charge in [0.05, 0.1) is 11.9 Å². The molecule has 0 aromatic heterocycles. The second kappa shape index (κ2) is 7.58. The molecule has 0 fully saturated rings. The molecule has 1 amide bonds. The van der Waals surface area contributed by atoms with E-state index in [1.807, 2.05) is 24.3 Å². The third kappa shape index (κ3) is 6.56. The molecule has 1 aromatic carbocycles. The van der Waals surface area contributed by atoms with Crippen molar-refractivity contribution in [3.05, 3.63) is 34.9 Å². The van der Waals surface area contributed by atoms with Crippen LogP contribution in [0.15, 0.2) is 24.3 Å². The zero-order valence-electron chi connectivity index (χ0n) is 9.65. The number of benzene rings is 1. The highest BCUT2D eigenvalue weighted by atomic mass is 35.5. The van der Waals surface area contributed by atoms with Crippen LogP contribution in [0.1, 0.15) is 12.5 Å². The molecule has 1 unspecified atom stereocenters. The maximum atomic E-state index is 11.3. The van der Waals surface area contributed by atoms with Gasteiger partial charge in [0.2, 0.25) is 5.91 Å². The van der Waals surface area contributed by atoms with E-state index >= 15 is 0 Å². The Kier molecular flexibility index (Phi) is 6.40. The lowest BCUT2D eigenvalue weighted by Gasteiger charge is -2.06. The first-order valence-electron chi connectivity index (χ1n) is 5.35. The first-order valence-corrected chi connectivity index (χ1v) is 6.88. The zero-order valence-corrected chi connectivity index (χ0v) is 11.2. The van der Waals surface area contributed by atoms with E-state index in [-0.39, 0.29) is 5.91 Å². The molecule has 5 heteroatoms. The van der Waals surface area contributed by atoms with Gasteiger partial charge in [-0.15, -0.1) is 11.8 Å². The van der Waals surface area contributed by atoms with Gasteiger partial charge in [0.25, 0.3) is 0 Å². The lowest BCUT2D eigenvalue weighted by molar-refractivity contribution is -0.118. The summed E-state index contributed by atoms with van der Waals surface area (Å²) in [4.78, 5) is 11.3. The summed E-state index contributed by atoms with van der Waals surface area (Å²) in [5.41, 5.74) is 1.14. The highest BCUT2D eigenvalue weighted by Gasteiger charge is 2.03. The van der Waals surface area contributed by atoms with E-state index < -0.39 is 6.10 Å². The number of nitrogens with one attached hydrogen (secondary N) is 1. The van der Waals surface area contributed by atoms with Crippen molar-refractivity contribution in [1.82, 2.24) is 5.32 Å². The summed E-state index contributed by atoms with van der Waals surface area (Å²) in [6, 6.07) is 7.57. The zero-order chi connectivity index (χ0) is 12.7. The van der Waals surface area contributed by atoms with Gasteiger partial charge in [0, 0.05) is 17.3 Å². The Labute approximate surface area is 111 Å². The number of hydrogen-bond donors (Lipinski definition) is 2. The fourth-order valence-corrected chi connectivity index (χ4v) is 2.10. The van der Waals surface area contributed by atoms with Crippen LogP contribution in [-0.4, -0.2) is 29.4 Å². The van der Waals surface area contributed by atoms with Gasteiger partial charge in [-0.3, -0.25) is 4.79 Å². The Morgan fingerprint density at radius 1 is 1.47 bits per heavy atom. The standard InChI is InChI=1S/C12H16ClNO2S/c1-9(15)6-14-12(16)8-17-7-10-2-4-11(13)5-3-10/h2-5,9,15H,6-8H2,1H3,(H,14,16). The molecule has 0 saturated carbocycles. The van der Waals surface area contributed by atoms with Crippen LogP contribution < -0.4 is 5.32 Å². The SMILES string of the molecule is CC(O)CNC(=O)CSCc1ccc(Cl)cc1. The minimum absolute atomic E-state index is 0.0511. The Morgan fingerprint density at radius 2 is 2.12 bits per heavy atom. The van der Waals surface area contributed by atoms with E-state index in [4.69, 9.17) is 16.7 Å². The van der Waals surface area contributed by atoms with Crippen molar-refractivity contribution < 1.29 is 9.90 Å². The number of hydrogen-bond acceptors (Lipinski definition) is 3. The molecule has 1 aromatic rings. The average molecular weight is 274 g/mol. The van der Waals surface area contributed by atoms with Crippen molar-refractivity contribution in [2.75, 3.05) is 12.3 Å². The molecule has 0 spiro atoms. The quantitative estimate of drug-likeness (QED) is 0.834. The van der Waals surface area contributed by atoms with Gasteiger partial charge in [-0.05, 0) is 24.6 Å². The molecule has 2 N–H and O–H groups in total. The molecule has 0 heterocycles. The number of rotatable bonds is 6. The van der Waals surface area contributed by atoms with Crippen LogP contribution in [0.4, 0.5) is 0 Å². The Balaban J connectivity index is 2.19. The molecule has 17 heavy (non-hydrogen) atoms. The fraction of sp³-hybridized carbons (Fsp3) is 0.417. The topological polar surface area (TPSA) is 49.3 Å². The smallest absolute Gasteiger partial charge is 0.230 e. The van der Waals surface area contributed by atoms with Gasteiger partial charge < -0.3 is 10.4 Å². The minimum atomic E-state index is -0.500. The second-order valence-corrected chi connectivity index (χ2v) is 5.19. The summed E-state index contributed by atoms with van der Waals surface area (Å²) in [5.74, 6) is 1.12. The van der Waals surface area contributed by atoms with Gasteiger partial charge in [-0.1, -0.05) is 23.7 Å². The molecule has 94 valence electrons. The normalized spacial score (nSPS) is 12.2. The lowest BCUT2D eigenvalue weighted by atomic mass is 10.2. The van der Waals surface area contributed by atoms with Gasteiger partial charge >= 0.3 is 0 Å². The third-order valence-corrected chi connectivity index (χ3v) is 3.27. The van der Waals surface area contributed by atoms with Crippen LogP contribution in [-0.2, 0) is 10.5 Å². The molecule has 1 atom stereocenters. The monoisotopic (exact) mass is 273 g/mol. The van der Waals surface area contributed by atoms with Gasteiger partial charge in [-0.2, -0.15) is 0 Å². The second-order valence-electron chi connectivity index (χ2n) is 3.77. The number of amides is 1. The first kappa shape index (κ1) is 14.4. The van der Waals surface area contributed by atoms with E-state index in [0.717, 1.165) is 11.3 Å². The summed E-state index contributed by atoms with van der Waals surface area (Å²) in [5, 5.41) is 12.4. The maximum absolute atomic E-state index is 11.3. The van der Waals surface area contributed by atoms with Crippen molar-refractivity contribution in [3.8, 4) is 0 Å². The molecule has 0 aliphatic carbocycles. The number of thioether (sulfide) groups is 1. The fourth-order valence-electron chi connectivity index (χ4n) is 1.15. The first-order chi connectivity index (χ1) is 8.08. The maximum Gasteiger partial charge on any atom is 0.230 e. The number of carbonyl (C=O) groups is 1. The molecule has 0 aliphatic rings. The van der Waals surface area contributed by atoms with E-state index in [0.29, 0.717) is 17.3 Å². The lowest BCUT2D eigenvalue weighted by Crippen LogP contribution is -2.31. The van der Waals surface area contributed by atoms with E-state index in [9.17, 15) is 4.79 Å². The molecule has 0 saturated heterocycles. The predicted molar refractivity (Wildman–Crippen MR) is 72.3 cm³/mol. The molecule has 0 aliphatic heterocycles. The van der Waals surface area contributed by atoms with Crippen molar-refractivity contribution in [2.45, 2.75) is 18.8 Å². The van der Waals surface area contributed by atoms with E-state index in [1.165, 1.54) is 11.8 Å². The van der Waals surface area contributed by atoms with Crippen LogP contribution in [0.5, 0.6) is 0 Å². The van der Waals surface area contributed by atoms with Crippen LogP contribution in [0, 0.1) is 0 Å². The number of halogens is 1. The minimum Gasteiger partial charge on any atom is -0.392 e. The van der Waals surface area contributed by atoms with Crippen molar-refractivity contribution in [3.63, 3.8) is 0 Å². The molecular weight excluding hydrogens is 258 g/mol. The molecule has 1 rings (SSSR count). The summed E-state index contributed by atoms with van der Waals surface area (Å²) in [6.07, 6.45) is -0.500. The molecule has 3 nitrogen and oxygen atoms in total. The summed E-state index contributed by atoms with van der Waals surface area (Å²) >= 11 is 7.31. The summed E-state index contributed by atoms with van der Waals surface area (Å²) in [7, 11) is 0. The summed E-state index contributed by atoms with van der Waals surface area (Å²) < 4.78 is 0. The average Bonchev–Trinajstić information content (AvgIpc) is 2.29. The summed E-state index contributed by atoms with van der Waals surface area (Å²) in [6.45, 7) is 1.95. The molecule has 0 bridgehead atoms. The van der Waals surface area contributed by atoms with Crippen molar-refractivity contribution in [2.24, 2.45) is 0 Å². The van der Waals surface area contributed by atoms with Crippen LogP contribution in [0.25, 0.3) is 0 Å². The predicted octanol–water partition coefficient (Wildman–Crippen LogP) is 2.07. The molecule has 0 radical (unpaired) electrons. The van der Waals surface area contributed by atoms with E-state index in [2.05, 4.69) is 5.32 Å². The Morgan fingerprint density at radius 3 is 2.71 bits per heavy atom. The Hall–Kier alpha value is -0.710. The number of aliphatic hydroxyl groups excluding tert-OH is 1. The highest BCUT2D eigenvalue weighted by molar-refractivity contribution is 7.99. The van der Waals surface area contributed by atoms with Crippen molar-refractivity contribution in [1.29, 1.82) is 0 Å². The largest absolute Gasteiger partial charge is 0.392 e. The number of aliphatic hydroxyl groups is 1. The van der Waals surface area contributed by atoms with Gasteiger partial charge in [0.1, 0.15) is 0 Å². The molecular formula is C12H16ClNO2S. The van der Waals surface area contributed by atoms with Crippen LogP contribution >= 0.6 is 23.4 Å². The number of carbonyl (C=O) groups excluding carboxylic acids is 1. The van der Waals surface area contributed by atoms with Gasteiger partial charge in [0.15, 0.2) is 0 Å². The Bertz CT molecular complexity index is 354. The van der Waals surface area contributed by atoms with E-state index in [1.54, 1.807) is 6.92 Å².